The molecule has 0 fully saturated rings. The minimum Gasteiger partial charge on any atom is -0.503 e. The summed E-state index contributed by atoms with van der Waals surface area (Å²) < 4.78 is 12.2. The summed E-state index contributed by atoms with van der Waals surface area (Å²) in [5.41, 5.74) is 3.64. The second-order valence-electron chi connectivity index (χ2n) is 10.2. The molecule has 3 aromatic carbocycles. The third kappa shape index (κ3) is 7.03. The fourth-order valence-corrected chi connectivity index (χ4v) is 6.51. The molecule has 0 saturated carbocycles. The van der Waals surface area contributed by atoms with Crippen molar-refractivity contribution in [3.8, 4) is 11.5 Å². The van der Waals surface area contributed by atoms with Gasteiger partial charge in [-0.2, -0.15) is 0 Å². The van der Waals surface area contributed by atoms with Crippen molar-refractivity contribution in [2.45, 2.75) is 42.8 Å². The molecule has 10 heteroatoms. The Balaban J connectivity index is 1.49. The molecule has 0 spiro atoms. The van der Waals surface area contributed by atoms with E-state index in [2.05, 4.69) is 41.4 Å². The Morgan fingerprint density at radius 2 is 1.84 bits per heavy atom. The third-order valence-electron chi connectivity index (χ3n) is 7.04. The van der Waals surface area contributed by atoms with Crippen LogP contribution < -0.4 is 14.4 Å². The number of carbonyl (C=O) groups is 2. The van der Waals surface area contributed by atoms with Crippen LogP contribution in [-0.2, 0) is 15.3 Å². The van der Waals surface area contributed by atoms with Crippen LogP contribution in [0.1, 0.15) is 48.1 Å². The van der Waals surface area contributed by atoms with Gasteiger partial charge in [0.15, 0.2) is 27.4 Å². The number of benzene rings is 3. The van der Waals surface area contributed by atoms with Crippen LogP contribution in [0.15, 0.2) is 94.5 Å². The monoisotopic (exact) mass is 627 g/mol. The highest BCUT2D eigenvalue weighted by Gasteiger charge is 2.45. The van der Waals surface area contributed by atoms with Crippen LogP contribution in [0.3, 0.4) is 0 Å². The topological polar surface area (TPSA) is 102 Å². The van der Waals surface area contributed by atoms with Crippen LogP contribution in [0.2, 0.25) is 0 Å². The number of ketones is 1. The smallest absolute Gasteiger partial charge is 0.296 e. The average molecular weight is 628 g/mol. The van der Waals surface area contributed by atoms with Gasteiger partial charge in [-0.05, 0) is 48.2 Å². The highest BCUT2D eigenvalue weighted by atomic mass is 32.2. The number of thioether (sulfide) groups is 1. The Morgan fingerprint density at radius 3 is 2.57 bits per heavy atom. The maximum atomic E-state index is 13.6. The molecule has 0 radical (unpaired) electrons. The van der Waals surface area contributed by atoms with Crippen LogP contribution in [0.5, 0.6) is 11.5 Å². The molecule has 4 aromatic rings. The molecule has 1 N–H and O–H groups in total. The summed E-state index contributed by atoms with van der Waals surface area (Å²) in [4.78, 5) is 28.6. The van der Waals surface area contributed by atoms with Gasteiger partial charge in [-0.3, -0.25) is 14.5 Å². The van der Waals surface area contributed by atoms with Gasteiger partial charge in [0.1, 0.15) is 0 Å². The van der Waals surface area contributed by atoms with Crippen LogP contribution in [0, 0.1) is 6.92 Å². The van der Waals surface area contributed by atoms with Gasteiger partial charge in [-0.15, -0.1) is 10.2 Å². The van der Waals surface area contributed by atoms with Crippen LogP contribution in [0.4, 0.5) is 5.13 Å². The number of ether oxygens (including phenoxy) is 2. The molecule has 0 bridgehead atoms. The zero-order valence-electron chi connectivity index (χ0n) is 24.7. The lowest BCUT2D eigenvalue weighted by Gasteiger charge is -2.24. The van der Waals surface area contributed by atoms with Crippen molar-refractivity contribution < 1.29 is 24.2 Å². The van der Waals surface area contributed by atoms with Crippen molar-refractivity contribution in [2.75, 3.05) is 18.6 Å². The van der Waals surface area contributed by atoms with Gasteiger partial charge >= 0.3 is 0 Å². The predicted octanol–water partition coefficient (Wildman–Crippen LogP) is 7.51. The van der Waals surface area contributed by atoms with Crippen molar-refractivity contribution in [2.24, 2.45) is 0 Å². The van der Waals surface area contributed by atoms with E-state index in [9.17, 15) is 14.7 Å². The Kier molecular flexibility index (Phi) is 10.1. The Hall–Kier alpha value is -4.41. The number of hydrogen-bond acceptors (Lipinski definition) is 9. The number of unbranched alkanes of at least 4 members (excludes halogenated alkanes) is 1. The number of carbonyl (C=O) groups excluding carboxylic acids is 2. The molecule has 8 nitrogen and oxygen atoms in total. The number of aliphatic hydroxyl groups is 1. The molecular formula is C34H33N3O5S2. The first kappa shape index (κ1) is 31.0. The number of aliphatic hydroxyl groups excluding tert-OH is 1. The molecule has 1 aromatic heterocycles. The van der Waals surface area contributed by atoms with Crippen LogP contribution in [-0.4, -0.2) is 40.7 Å². The molecule has 1 amide bonds. The van der Waals surface area contributed by atoms with Crippen molar-refractivity contribution in [3.63, 3.8) is 0 Å². The number of allylic oxidation sites excluding steroid dienone is 1. The Labute approximate surface area is 265 Å². The first-order valence-electron chi connectivity index (χ1n) is 14.3. The summed E-state index contributed by atoms with van der Waals surface area (Å²) in [7, 11) is 1.54. The molecule has 0 saturated heterocycles. The summed E-state index contributed by atoms with van der Waals surface area (Å²) >= 11 is 2.73. The molecule has 0 aliphatic carbocycles. The fourth-order valence-electron chi connectivity index (χ4n) is 4.68. The first-order valence-corrected chi connectivity index (χ1v) is 16.1. The number of hydrogen-bond donors (Lipinski definition) is 1. The highest BCUT2D eigenvalue weighted by molar-refractivity contribution is 8.00. The number of anilines is 1. The van der Waals surface area contributed by atoms with E-state index >= 15 is 0 Å². The van der Waals surface area contributed by atoms with E-state index in [1.807, 2.05) is 37.3 Å². The van der Waals surface area contributed by atoms with Crippen LogP contribution in [0.25, 0.3) is 6.08 Å². The fraction of sp³-hybridized carbons (Fsp3) is 0.235. The SMILES string of the molecule is CCCCOc1ccc(C2C(C(=O)C=Cc3ccccc3)=C(O)C(=O)N2c2nnc(SCc3ccc(C)cc3)s2)cc1OC. The molecule has 44 heavy (non-hydrogen) atoms. The van der Waals surface area contributed by atoms with Gasteiger partial charge in [-0.25, -0.2) is 0 Å². The lowest BCUT2D eigenvalue weighted by atomic mass is 9.95. The summed E-state index contributed by atoms with van der Waals surface area (Å²) in [6.45, 7) is 4.65. The van der Waals surface area contributed by atoms with Gasteiger partial charge in [0, 0.05) is 5.75 Å². The highest BCUT2D eigenvalue weighted by Crippen LogP contribution is 2.45. The van der Waals surface area contributed by atoms with E-state index in [4.69, 9.17) is 9.47 Å². The summed E-state index contributed by atoms with van der Waals surface area (Å²) in [5, 5.41) is 20.0. The maximum absolute atomic E-state index is 13.6. The molecule has 2 heterocycles. The molecule has 1 atom stereocenters. The van der Waals surface area contributed by atoms with E-state index in [0.717, 1.165) is 24.0 Å². The zero-order chi connectivity index (χ0) is 31.1. The normalized spacial score (nSPS) is 14.9. The number of aryl methyl sites for hydroxylation is 1. The van der Waals surface area contributed by atoms with E-state index in [-0.39, 0.29) is 10.7 Å². The standard InChI is InChI=1S/C34H33N3O5S2/c1-4-5-19-42-27-18-16-25(20-28(27)41-3)30-29(26(38)17-15-23-9-7-6-8-10-23)31(39)32(40)37(30)33-35-36-34(44-33)43-21-24-13-11-22(2)12-14-24/h6-18,20,30,39H,4-5,19,21H2,1-3H3. The number of nitrogens with zero attached hydrogens (tertiary/aromatic N) is 3. The van der Waals surface area contributed by atoms with E-state index in [0.29, 0.717) is 33.8 Å². The summed E-state index contributed by atoms with van der Waals surface area (Å²) in [5.74, 6) is -0.149. The Bertz CT molecular complexity index is 1680. The van der Waals surface area contributed by atoms with Crippen molar-refractivity contribution in [3.05, 3.63) is 112 Å². The van der Waals surface area contributed by atoms with Gasteiger partial charge in [0.25, 0.3) is 5.91 Å². The van der Waals surface area contributed by atoms with E-state index in [1.54, 1.807) is 24.3 Å². The summed E-state index contributed by atoms with van der Waals surface area (Å²) in [6.07, 6.45) is 4.90. The molecular weight excluding hydrogens is 595 g/mol. The minimum absolute atomic E-state index is 0.0482. The van der Waals surface area contributed by atoms with Crippen molar-refractivity contribution >= 4 is 46.0 Å². The zero-order valence-corrected chi connectivity index (χ0v) is 26.4. The lowest BCUT2D eigenvalue weighted by Crippen LogP contribution is -2.30. The molecule has 1 unspecified atom stereocenters. The molecule has 226 valence electrons. The minimum atomic E-state index is -0.961. The molecule has 1 aliphatic rings. The largest absolute Gasteiger partial charge is 0.503 e. The third-order valence-corrected chi connectivity index (χ3v) is 9.17. The predicted molar refractivity (Wildman–Crippen MR) is 174 cm³/mol. The quantitative estimate of drug-likeness (QED) is 0.0704. The summed E-state index contributed by atoms with van der Waals surface area (Å²) in [6, 6.07) is 21.9. The van der Waals surface area contributed by atoms with Gasteiger partial charge in [0.2, 0.25) is 5.13 Å². The number of methoxy groups -OCH3 is 1. The van der Waals surface area contributed by atoms with E-state index in [1.165, 1.54) is 46.7 Å². The molecule has 5 rings (SSSR count). The Morgan fingerprint density at radius 1 is 1.07 bits per heavy atom. The number of aromatic nitrogens is 2. The van der Waals surface area contributed by atoms with Gasteiger partial charge in [-0.1, -0.05) is 109 Å². The van der Waals surface area contributed by atoms with Crippen LogP contribution >= 0.6 is 23.1 Å². The maximum Gasteiger partial charge on any atom is 0.296 e. The molecule has 1 aliphatic heterocycles. The number of amides is 1. The second-order valence-corrected chi connectivity index (χ2v) is 12.4. The van der Waals surface area contributed by atoms with Gasteiger partial charge in [0.05, 0.1) is 25.3 Å². The van der Waals surface area contributed by atoms with Crippen molar-refractivity contribution in [1.82, 2.24) is 10.2 Å². The average Bonchev–Trinajstić information content (AvgIpc) is 3.62. The first-order chi connectivity index (χ1) is 21.4. The second kappa shape index (κ2) is 14.4. The van der Waals surface area contributed by atoms with Crippen molar-refractivity contribution in [1.29, 1.82) is 0 Å². The lowest BCUT2D eigenvalue weighted by molar-refractivity contribution is -0.117. The van der Waals surface area contributed by atoms with Gasteiger partial charge < -0.3 is 14.6 Å². The number of rotatable bonds is 13. The van der Waals surface area contributed by atoms with E-state index < -0.39 is 23.5 Å².